The molecule has 94 valence electrons. The third kappa shape index (κ3) is 1.64. The molecule has 1 nitrogen and oxygen atoms in total. The fourth-order valence-corrected chi connectivity index (χ4v) is 2.78. The molecule has 1 aromatic carbocycles. The monoisotopic (exact) mass is 270 g/mol. The zero-order valence-corrected chi connectivity index (χ0v) is 9.06. The molecule has 0 radical (unpaired) electrons. The highest BCUT2D eigenvalue weighted by molar-refractivity contribution is 8.45. The molecule has 7 heteroatoms. The van der Waals surface area contributed by atoms with Crippen molar-refractivity contribution in [3.05, 3.63) is 41.5 Å². The minimum absolute atomic E-state index is 0.184. The van der Waals surface area contributed by atoms with E-state index < -0.39 is 27.3 Å². The standard InChI is InChI=1S/C10H7F5OS/c11-17(12,13,14,15)6-1-2-7-8(5-6)10-4-3-9(7)16-10/h1-5,9-10H. The molecule has 1 aromatic rings. The lowest BCUT2D eigenvalue weighted by Gasteiger charge is -2.40. The summed E-state index contributed by atoms with van der Waals surface area (Å²) in [5.41, 5.74) is 0.714. The molecule has 0 spiro atoms. The zero-order valence-electron chi connectivity index (χ0n) is 8.25. The Hall–Kier alpha value is -1.08. The van der Waals surface area contributed by atoms with Gasteiger partial charge in [-0.25, -0.2) is 0 Å². The topological polar surface area (TPSA) is 9.23 Å². The quantitative estimate of drug-likeness (QED) is 0.514. The van der Waals surface area contributed by atoms with Crippen LogP contribution in [0, 0.1) is 0 Å². The van der Waals surface area contributed by atoms with Gasteiger partial charge in [-0.2, -0.15) is 0 Å². The maximum absolute atomic E-state index is 12.6. The van der Waals surface area contributed by atoms with Gasteiger partial charge in [-0.15, -0.1) is 0 Å². The van der Waals surface area contributed by atoms with E-state index in [4.69, 9.17) is 4.74 Å². The molecule has 3 rings (SSSR count). The Morgan fingerprint density at radius 3 is 2.06 bits per heavy atom. The third-order valence-electron chi connectivity index (χ3n) is 2.87. The first-order valence-corrected chi connectivity index (χ1v) is 6.71. The Bertz CT molecular complexity index is 547. The van der Waals surface area contributed by atoms with E-state index in [-0.39, 0.29) is 5.56 Å². The number of rotatable bonds is 1. The van der Waals surface area contributed by atoms with Gasteiger partial charge in [0.15, 0.2) is 0 Å². The highest BCUT2D eigenvalue weighted by Gasteiger charge is 2.65. The number of fused-ring (bicyclic) bond motifs is 5. The molecular weight excluding hydrogens is 263 g/mol. The van der Waals surface area contributed by atoms with Crippen LogP contribution in [0.15, 0.2) is 35.2 Å². The van der Waals surface area contributed by atoms with Crippen molar-refractivity contribution in [3.8, 4) is 0 Å². The summed E-state index contributed by atoms with van der Waals surface area (Å²) in [7, 11) is -9.59. The van der Waals surface area contributed by atoms with Crippen LogP contribution in [0.2, 0.25) is 0 Å². The molecule has 2 bridgehead atoms. The molecule has 0 saturated heterocycles. The Balaban J connectivity index is 2.18. The summed E-state index contributed by atoms with van der Waals surface area (Å²) in [5, 5.41) is 0. The smallest absolute Gasteiger partial charge is 0.310 e. The molecule has 2 unspecified atom stereocenters. The van der Waals surface area contributed by atoms with E-state index in [0.717, 1.165) is 6.07 Å². The first-order valence-electron chi connectivity index (χ1n) is 4.76. The normalized spacial score (nSPS) is 29.9. The molecule has 2 aliphatic rings. The van der Waals surface area contributed by atoms with Crippen LogP contribution in [0.1, 0.15) is 23.3 Å². The van der Waals surface area contributed by atoms with Crippen molar-refractivity contribution < 1.29 is 24.2 Å². The van der Waals surface area contributed by atoms with Crippen molar-refractivity contribution in [1.29, 1.82) is 0 Å². The fourth-order valence-electron chi connectivity index (χ4n) is 2.10. The van der Waals surface area contributed by atoms with Crippen LogP contribution < -0.4 is 0 Å². The van der Waals surface area contributed by atoms with E-state index in [9.17, 15) is 19.4 Å². The second-order valence-electron chi connectivity index (χ2n) is 4.12. The van der Waals surface area contributed by atoms with Crippen LogP contribution in [0.25, 0.3) is 0 Å². The number of hydrogen-bond acceptors (Lipinski definition) is 1. The predicted octanol–water partition coefficient (Wildman–Crippen LogP) is 5.03. The van der Waals surface area contributed by atoms with Crippen LogP contribution >= 0.6 is 10.2 Å². The highest BCUT2D eigenvalue weighted by Crippen LogP contribution is 3.02. The van der Waals surface area contributed by atoms with Crippen molar-refractivity contribution in [3.63, 3.8) is 0 Å². The van der Waals surface area contributed by atoms with Gasteiger partial charge in [0.25, 0.3) is 0 Å². The molecule has 2 aliphatic heterocycles. The van der Waals surface area contributed by atoms with Crippen molar-refractivity contribution in [1.82, 2.24) is 0 Å². The molecule has 0 amide bonds. The molecular formula is C10H7F5OS. The van der Waals surface area contributed by atoms with Gasteiger partial charge in [-0.3, -0.25) is 0 Å². The molecule has 0 N–H and O–H groups in total. The molecule has 0 saturated carbocycles. The lowest BCUT2D eigenvalue weighted by molar-refractivity contribution is 0.0878. The van der Waals surface area contributed by atoms with Gasteiger partial charge in [-0.1, -0.05) is 37.6 Å². The molecule has 17 heavy (non-hydrogen) atoms. The summed E-state index contributed by atoms with van der Waals surface area (Å²) in [6.45, 7) is 0. The van der Waals surface area contributed by atoms with Gasteiger partial charge in [0.1, 0.15) is 17.1 Å². The average molecular weight is 270 g/mol. The molecule has 0 aliphatic carbocycles. The van der Waals surface area contributed by atoms with Crippen molar-refractivity contribution >= 4 is 10.2 Å². The number of ether oxygens (including phenoxy) is 1. The number of halogens is 5. The summed E-state index contributed by atoms with van der Waals surface area (Å²) in [6, 6.07) is 2.00. The van der Waals surface area contributed by atoms with E-state index >= 15 is 0 Å². The Morgan fingerprint density at radius 1 is 0.882 bits per heavy atom. The summed E-state index contributed by atoms with van der Waals surface area (Å²) in [4.78, 5) is -1.85. The van der Waals surface area contributed by atoms with Crippen LogP contribution in [0.5, 0.6) is 0 Å². The van der Waals surface area contributed by atoms with E-state index in [1.54, 1.807) is 12.2 Å². The minimum Gasteiger partial charge on any atom is -0.357 e. The second kappa shape index (κ2) is 2.37. The molecule has 2 atom stereocenters. The third-order valence-corrected chi connectivity index (χ3v) is 4.02. The van der Waals surface area contributed by atoms with E-state index in [2.05, 4.69) is 0 Å². The van der Waals surface area contributed by atoms with E-state index in [1.807, 2.05) is 0 Å². The van der Waals surface area contributed by atoms with Crippen molar-refractivity contribution in [2.75, 3.05) is 0 Å². The Morgan fingerprint density at radius 2 is 1.47 bits per heavy atom. The zero-order chi connectivity index (χ0) is 12.5. The first-order chi connectivity index (χ1) is 7.54. The van der Waals surface area contributed by atoms with Gasteiger partial charge in [0, 0.05) is 0 Å². The summed E-state index contributed by atoms with van der Waals surface area (Å²) in [6.07, 6.45) is 2.24. The van der Waals surface area contributed by atoms with Crippen LogP contribution in [0.3, 0.4) is 0 Å². The minimum atomic E-state index is -9.59. The van der Waals surface area contributed by atoms with E-state index in [0.29, 0.717) is 17.7 Å². The summed E-state index contributed by atoms with van der Waals surface area (Å²) >= 11 is 0. The second-order valence-corrected chi connectivity index (χ2v) is 6.53. The maximum Gasteiger partial charge on any atom is 0.310 e. The van der Waals surface area contributed by atoms with Crippen LogP contribution in [-0.2, 0) is 4.74 Å². The SMILES string of the molecule is FS(F)(F)(F)(F)c1ccc2c(c1)C1C=CC2O1. The molecule has 2 heterocycles. The Labute approximate surface area is 93.6 Å². The highest BCUT2D eigenvalue weighted by atomic mass is 32.5. The summed E-state index contributed by atoms with van der Waals surface area (Å²) in [5.74, 6) is 0. The molecule has 0 aromatic heterocycles. The van der Waals surface area contributed by atoms with Crippen LogP contribution in [-0.4, -0.2) is 0 Å². The fraction of sp³-hybridized carbons (Fsp3) is 0.200. The van der Waals surface area contributed by atoms with Crippen molar-refractivity contribution in [2.45, 2.75) is 17.1 Å². The molecule has 0 fully saturated rings. The maximum atomic E-state index is 12.6. The average Bonchev–Trinajstić information content (AvgIpc) is 2.73. The van der Waals surface area contributed by atoms with Gasteiger partial charge >= 0.3 is 10.2 Å². The number of hydrogen-bond donors (Lipinski definition) is 0. The summed E-state index contributed by atoms with van der Waals surface area (Å²) < 4.78 is 68.3. The lowest BCUT2D eigenvalue weighted by Crippen LogP contribution is -2.07. The Kier molecular flexibility index (Phi) is 1.54. The lowest BCUT2D eigenvalue weighted by atomic mass is 9.97. The number of benzene rings is 1. The van der Waals surface area contributed by atoms with Gasteiger partial charge < -0.3 is 4.74 Å². The van der Waals surface area contributed by atoms with Crippen LogP contribution in [0.4, 0.5) is 19.4 Å². The largest absolute Gasteiger partial charge is 0.357 e. The predicted molar refractivity (Wildman–Crippen MR) is 53.5 cm³/mol. The van der Waals surface area contributed by atoms with E-state index in [1.165, 1.54) is 0 Å². The van der Waals surface area contributed by atoms with Gasteiger partial charge in [0.05, 0.1) is 0 Å². The van der Waals surface area contributed by atoms with Gasteiger partial charge in [0.2, 0.25) is 0 Å². The first kappa shape index (κ1) is 11.0. The van der Waals surface area contributed by atoms with Gasteiger partial charge in [-0.05, 0) is 23.3 Å². The van der Waals surface area contributed by atoms with Crippen molar-refractivity contribution in [2.24, 2.45) is 0 Å².